The van der Waals surface area contributed by atoms with Gasteiger partial charge in [-0.3, -0.25) is 0 Å². The Morgan fingerprint density at radius 2 is 1.71 bits per heavy atom. The van der Waals surface area contributed by atoms with Crippen LogP contribution in [0.25, 0.3) is 0 Å². The summed E-state index contributed by atoms with van der Waals surface area (Å²) in [6.07, 6.45) is 5.89. The number of aliphatic hydroxyl groups excluding tert-OH is 1. The third kappa shape index (κ3) is 11.2. The predicted molar refractivity (Wildman–Crippen MR) is 188 cm³/mol. The van der Waals surface area contributed by atoms with E-state index in [-0.39, 0.29) is 29.4 Å². The van der Waals surface area contributed by atoms with Crippen molar-refractivity contribution in [2.24, 2.45) is 0 Å². The summed E-state index contributed by atoms with van der Waals surface area (Å²) in [6.45, 7) is 29.7. The lowest BCUT2D eigenvalue weighted by Crippen LogP contribution is -2.58. The molecular formula is C36H62O7Si2. The summed E-state index contributed by atoms with van der Waals surface area (Å²) in [5.74, 6) is 12.8. The van der Waals surface area contributed by atoms with Crippen LogP contribution in [-0.2, 0) is 27.8 Å². The van der Waals surface area contributed by atoms with E-state index in [0.29, 0.717) is 13.2 Å². The van der Waals surface area contributed by atoms with Crippen molar-refractivity contribution in [1.82, 2.24) is 0 Å². The summed E-state index contributed by atoms with van der Waals surface area (Å²) >= 11 is 0. The Balaban J connectivity index is 2.68. The fourth-order valence-corrected chi connectivity index (χ4v) is 7.29. The molecule has 3 unspecified atom stereocenters. The van der Waals surface area contributed by atoms with E-state index in [1.807, 2.05) is 26.8 Å². The van der Waals surface area contributed by atoms with Crippen LogP contribution in [0.2, 0.25) is 36.3 Å². The molecule has 0 bridgehead atoms. The van der Waals surface area contributed by atoms with Gasteiger partial charge in [0.1, 0.15) is 18.3 Å². The summed E-state index contributed by atoms with van der Waals surface area (Å²) in [4.78, 5) is 0. The standard InChI is InChI=1S/C36H62O7Si2/c1-14-38-29(3)41-36(23-16-17-24-37)30(21-20-28(2)22-26-40-32-19-15-18-25-39-32)27-31(42-44(10,11)34(4,5)6)33(36)43-45(12,13)35(7,8)9/h22,27,29,31-33,37H,14-15,18-19,23-26H2,1-13H3/b28-22-/t29?,31-,32?,33+,36?/m1/s1. The van der Waals surface area contributed by atoms with Crippen LogP contribution < -0.4 is 0 Å². The average molecular weight is 663 g/mol. The van der Waals surface area contributed by atoms with Gasteiger partial charge in [0.15, 0.2) is 29.2 Å². The van der Waals surface area contributed by atoms with Crippen LogP contribution in [0.5, 0.6) is 0 Å². The normalized spacial score (nSPS) is 25.6. The van der Waals surface area contributed by atoms with Crippen molar-refractivity contribution >= 4 is 16.6 Å². The van der Waals surface area contributed by atoms with Crippen molar-refractivity contribution in [1.29, 1.82) is 0 Å². The fourth-order valence-electron chi connectivity index (χ4n) is 4.75. The number of ether oxygens (including phenoxy) is 4. The van der Waals surface area contributed by atoms with Gasteiger partial charge in [-0.15, -0.1) is 0 Å². The van der Waals surface area contributed by atoms with E-state index in [0.717, 1.165) is 37.0 Å². The first-order valence-corrected chi connectivity index (χ1v) is 22.5. The molecule has 0 amide bonds. The van der Waals surface area contributed by atoms with Gasteiger partial charge >= 0.3 is 0 Å². The van der Waals surface area contributed by atoms with Crippen LogP contribution in [0, 0.1) is 23.7 Å². The van der Waals surface area contributed by atoms with Crippen LogP contribution in [0.4, 0.5) is 0 Å². The number of aliphatic hydroxyl groups is 1. The van der Waals surface area contributed by atoms with Gasteiger partial charge in [0.25, 0.3) is 0 Å². The summed E-state index contributed by atoms with van der Waals surface area (Å²) in [5, 5.41) is 9.53. The molecular weight excluding hydrogens is 601 g/mol. The van der Waals surface area contributed by atoms with Crippen molar-refractivity contribution < 1.29 is 32.9 Å². The number of rotatable bonds is 12. The summed E-state index contributed by atoms with van der Waals surface area (Å²) in [7, 11) is -4.61. The zero-order valence-corrected chi connectivity index (χ0v) is 32.5. The highest BCUT2D eigenvalue weighted by atomic mass is 28.4. The molecule has 1 saturated heterocycles. The molecule has 5 atom stereocenters. The average Bonchev–Trinajstić information content (AvgIpc) is 3.17. The first-order valence-electron chi connectivity index (χ1n) is 16.7. The molecule has 0 aromatic rings. The quantitative estimate of drug-likeness (QED) is 0.130. The lowest BCUT2D eigenvalue weighted by Gasteiger charge is -2.47. The van der Waals surface area contributed by atoms with Crippen LogP contribution in [-0.4, -0.2) is 78.6 Å². The van der Waals surface area contributed by atoms with Gasteiger partial charge in [-0.1, -0.05) is 65.2 Å². The maximum atomic E-state index is 9.61. The molecule has 256 valence electrons. The fraction of sp³-hybridized carbons (Fsp3) is 0.778. The van der Waals surface area contributed by atoms with Crippen molar-refractivity contribution in [3.8, 4) is 23.7 Å². The number of hydrogen-bond acceptors (Lipinski definition) is 7. The maximum absolute atomic E-state index is 9.61. The van der Waals surface area contributed by atoms with E-state index >= 15 is 0 Å². The van der Waals surface area contributed by atoms with E-state index in [4.69, 9.17) is 27.8 Å². The third-order valence-corrected chi connectivity index (χ3v) is 18.5. The highest BCUT2D eigenvalue weighted by Crippen LogP contribution is 2.48. The van der Waals surface area contributed by atoms with Crippen molar-refractivity contribution in [3.63, 3.8) is 0 Å². The first-order chi connectivity index (χ1) is 20.8. The Kier molecular flexibility index (Phi) is 14.8. The monoisotopic (exact) mass is 662 g/mol. The maximum Gasteiger partial charge on any atom is 0.193 e. The van der Waals surface area contributed by atoms with Gasteiger partial charge in [-0.2, -0.15) is 0 Å². The molecule has 2 aliphatic rings. The molecule has 0 aromatic heterocycles. The Morgan fingerprint density at radius 3 is 2.27 bits per heavy atom. The minimum Gasteiger partial charge on any atom is -0.408 e. The largest absolute Gasteiger partial charge is 0.408 e. The highest BCUT2D eigenvalue weighted by molar-refractivity contribution is 6.74. The van der Waals surface area contributed by atoms with Crippen molar-refractivity contribution in [2.45, 2.75) is 155 Å². The molecule has 7 nitrogen and oxygen atoms in total. The van der Waals surface area contributed by atoms with Crippen LogP contribution >= 0.6 is 0 Å². The zero-order chi connectivity index (χ0) is 34.1. The lowest BCUT2D eigenvalue weighted by atomic mass is 9.88. The van der Waals surface area contributed by atoms with Gasteiger partial charge in [0, 0.05) is 25.2 Å². The molecule has 0 spiro atoms. The number of allylic oxidation sites excluding steroid dienone is 1. The highest BCUT2D eigenvalue weighted by Gasteiger charge is 2.57. The Hall–Kier alpha value is -1.25. The van der Waals surface area contributed by atoms with Crippen LogP contribution in [0.15, 0.2) is 23.3 Å². The molecule has 1 fully saturated rings. The smallest absolute Gasteiger partial charge is 0.193 e. The molecule has 1 heterocycles. The van der Waals surface area contributed by atoms with Gasteiger partial charge in [0.2, 0.25) is 0 Å². The predicted octanol–water partition coefficient (Wildman–Crippen LogP) is 7.72. The number of hydrogen-bond donors (Lipinski definition) is 1. The van der Waals surface area contributed by atoms with Gasteiger partial charge in [-0.25, -0.2) is 0 Å². The summed E-state index contributed by atoms with van der Waals surface area (Å²) in [6, 6.07) is 0. The Morgan fingerprint density at radius 1 is 1.07 bits per heavy atom. The second-order valence-corrected chi connectivity index (χ2v) is 24.7. The Labute approximate surface area is 277 Å². The van der Waals surface area contributed by atoms with Crippen molar-refractivity contribution in [3.05, 3.63) is 23.3 Å². The minimum atomic E-state index is -2.35. The third-order valence-electron chi connectivity index (χ3n) is 9.55. The molecule has 0 radical (unpaired) electrons. The van der Waals surface area contributed by atoms with Gasteiger partial charge in [0.05, 0.1) is 12.7 Å². The molecule has 1 aliphatic heterocycles. The van der Waals surface area contributed by atoms with Crippen molar-refractivity contribution in [2.75, 3.05) is 26.4 Å². The second-order valence-electron chi connectivity index (χ2n) is 15.2. The molecule has 1 aliphatic carbocycles. The summed E-state index contributed by atoms with van der Waals surface area (Å²) < 4.78 is 38.9. The van der Waals surface area contributed by atoms with E-state index in [9.17, 15) is 5.11 Å². The zero-order valence-electron chi connectivity index (χ0n) is 30.5. The topological polar surface area (TPSA) is 75.6 Å². The van der Waals surface area contributed by atoms with E-state index in [2.05, 4.69) is 97.5 Å². The SMILES string of the molecule is CCOC(C)OC1(CC#CCO)C(C#C/C(C)=C\COC2CCCCO2)=C[C@@H](O[Si](C)(C)C(C)(C)C)[C@@H]1O[Si](C)(C)C(C)(C)C. The summed E-state index contributed by atoms with van der Waals surface area (Å²) in [5.41, 5.74) is 0.576. The van der Waals surface area contributed by atoms with E-state index in [1.54, 1.807) is 0 Å². The van der Waals surface area contributed by atoms with Gasteiger partial charge in [-0.05, 0) is 94.0 Å². The van der Waals surface area contributed by atoms with Crippen LogP contribution in [0.3, 0.4) is 0 Å². The molecule has 2 rings (SSSR count). The van der Waals surface area contributed by atoms with Crippen LogP contribution in [0.1, 0.15) is 88.0 Å². The van der Waals surface area contributed by atoms with E-state index in [1.165, 1.54) is 0 Å². The minimum absolute atomic E-state index is 0.0169. The first kappa shape index (κ1) is 39.9. The lowest BCUT2D eigenvalue weighted by molar-refractivity contribution is -0.214. The molecule has 0 aromatic carbocycles. The second kappa shape index (κ2) is 16.7. The molecule has 0 saturated carbocycles. The van der Waals surface area contributed by atoms with Gasteiger partial charge < -0.3 is 32.9 Å². The Bertz CT molecular complexity index is 1130. The van der Waals surface area contributed by atoms with E-state index < -0.39 is 40.7 Å². The molecule has 9 heteroatoms. The molecule has 1 N–H and O–H groups in total. The molecule has 45 heavy (non-hydrogen) atoms.